The summed E-state index contributed by atoms with van der Waals surface area (Å²) in [7, 11) is 0. The van der Waals surface area contributed by atoms with Gasteiger partial charge in [-0.3, -0.25) is 9.88 Å². The number of nitrogens with zero attached hydrogens (tertiary/aromatic N) is 6. The maximum Gasteiger partial charge on any atom is 0.319 e. The van der Waals surface area contributed by atoms with Crippen LogP contribution in [0.2, 0.25) is 0 Å². The van der Waals surface area contributed by atoms with Gasteiger partial charge in [-0.2, -0.15) is 15.2 Å². The number of aliphatic hydroxyl groups is 1. The van der Waals surface area contributed by atoms with E-state index in [-0.39, 0.29) is 52.5 Å². The monoisotopic (exact) mass is 712 g/mol. The van der Waals surface area contributed by atoms with Crippen LogP contribution in [0, 0.1) is 33.8 Å². The molecule has 2 saturated heterocycles. The van der Waals surface area contributed by atoms with E-state index in [1.807, 2.05) is 18.7 Å². The van der Waals surface area contributed by atoms with E-state index < -0.39 is 17.2 Å². The average Bonchev–Trinajstić information content (AvgIpc) is 3.46. The van der Waals surface area contributed by atoms with Crippen molar-refractivity contribution in [1.82, 2.24) is 19.9 Å². The summed E-state index contributed by atoms with van der Waals surface area (Å²) in [4.78, 5) is 18.6. The first-order valence-electron chi connectivity index (χ1n) is 18.6. The Balaban J connectivity index is 1.21. The van der Waals surface area contributed by atoms with Gasteiger partial charge in [0.2, 0.25) is 0 Å². The Hall–Kier alpha value is -4.18. The normalized spacial score (nSPS) is 29.4. The maximum atomic E-state index is 17.1. The van der Waals surface area contributed by atoms with E-state index in [0.717, 1.165) is 51.5 Å². The molecule has 8 rings (SSSR count). The van der Waals surface area contributed by atoms with Gasteiger partial charge in [-0.1, -0.05) is 19.4 Å². The minimum atomic E-state index is -1.19. The van der Waals surface area contributed by atoms with Gasteiger partial charge < -0.3 is 24.6 Å². The molecular weight excluding hydrogens is 666 g/mol. The van der Waals surface area contributed by atoms with Crippen LogP contribution >= 0.6 is 0 Å². The molecule has 2 N–H and O–H groups in total. The first kappa shape index (κ1) is 34.9. The second kappa shape index (κ2) is 13.0. The van der Waals surface area contributed by atoms with E-state index in [0.29, 0.717) is 65.8 Å². The molecule has 10 nitrogen and oxygen atoms in total. The number of piperidine rings is 1. The molecule has 2 saturated carbocycles. The number of hydrogen-bond donors (Lipinski definition) is 2. The van der Waals surface area contributed by atoms with Crippen molar-refractivity contribution in [1.29, 1.82) is 5.26 Å². The van der Waals surface area contributed by atoms with Crippen molar-refractivity contribution in [2.45, 2.75) is 89.8 Å². The third kappa shape index (κ3) is 6.00. The number of rotatable bonds is 7. The number of phenolic OH excluding ortho intramolecular Hbond substituents is 1. The minimum absolute atomic E-state index is 0.0169. The summed E-state index contributed by atoms with van der Waals surface area (Å²) in [6.07, 6.45) is 8.83. The molecule has 52 heavy (non-hydrogen) atoms. The third-order valence-corrected chi connectivity index (χ3v) is 12.1. The smallest absolute Gasteiger partial charge is 0.319 e. The lowest BCUT2D eigenvalue weighted by Gasteiger charge is -2.54. The van der Waals surface area contributed by atoms with Gasteiger partial charge >= 0.3 is 6.01 Å². The van der Waals surface area contributed by atoms with Crippen LogP contribution in [0.4, 0.5) is 14.6 Å². The van der Waals surface area contributed by atoms with Crippen LogP contribution in [0.15, 0.2) is 30.5 Å². The Morgan fingerprint density at radius 3 is 2.71 bits per heavy atom. The lowest BCUT2D eigenvalue weighted by atomic mass is 9.65. The lowest BCUT2D eigenvalue weighted by Crippen LogP contribution is -2.60. The number of nitriles is 1. The predicted molar refractivity (Wildman–Crippen MR) is 193 cm³/mol. The van der Waals surface area contributed by atoms with Gasteiger partial charge in [-0.15, -0.1) is 0 Å². The zero-order valence-corrected chi connectivity index (χ0v) is 30.1. The number of ether oxygens (including phenoxy) is 2. The zero-order chi connectivity index (χ0) is 36.4. The van der Waals surface area contributed by atoms with Crippen LogP contribution in [0.3, 0.4) is 0 Å². The van der Waals surface area contributed by atoms with Crippen molar-refractivity contribution in [2.24, 2.45) is 10.8 Å². The summed E-state index contributed by atoms with van der Waals surface area (Å²) in [5, 5.41) is 32.8. The molecule has 0 amide bonds. The van der Waals surface area contributed by atoms with Gasteiger partial charge in [0.25, 0.3) is 0 Å². The van der Waals surface area contributed by atoms with Gasteiger partial charge in [-0.05, 0) is 99.9 Å². The van der Waals surface area contributed by atoms with Crippen molar-refractivity contribution in [3.63, 3.8) is 0 Å². The number of β-amino-alcohol motifs (C(OH)–C–C–N with tert-alkyl or cyclic N) is 1. The van der Waals surface area contributed by atoms with Crippen LogP contribution in [0.25, 0.3) is 32.9 Å². The molecule has 0 bridgehead atoms. The molecule has 0 unspecified atom stereocenters. The molecule has 4 aliphatic rings. The van der Waals surface area contributed by atoms with E-state index in [1.54, 1.807) is 13.0 Å². The quantitative estimate of drug-likeness (QED) is 0.214. The summed E-state index contributed by atoms with van der Waals surface area (Å²) >= 11 is 0. The Kier molecular flexibility index (Phi) is 8.75. The molecule has 4 fully saturated rings. The highest BCUT2D eigenvalue weighted by Gasteiger charge is 2.54. The molecule has 2 aliphatic carbocycles. The Labute approximate surface area is 302 Å². The number of benzene rings is 2. The molecule has 4 aromatic rings. The fourth-order valence-corrected chi connectivity index (χ4v) is 9.62. The SMILES string of the molecule is CCc1c(F)ccc2cc(O)cc(-c3ncc4c(N5CCOC[C@@](C)(O)C5)nc(OC[C@]56CCC[C@H]5N(C5CC(C)(C#N)C5)CCC6)nc4c3F)c12. The molecule has 0 spiro atoms. The molecule has 3 atom stereocenters. The van der Waals surface area contributed by atoms with Crippen LogP contribution in [-0.4, -0.2) is 87.2 Å². The minimum Gasteiger partial charge on any atom is -0.508 e. The van der Waals surface area contributed by atoms with Crippen molar-refractivity contribution in [2.75, 3.05) is 44.4 Å². The number of aryl methyl sites for hydroxylation is 1. The summed E-state index contributed by atoms with van der Waals surface area (Å²) < 4.78 is 44.4. The van der Waals surface area contributed by atoms with Crippen LogP contribution in [0.1, 0.15) is 71.3 Å². The molecule has 274 valence electrons. The number of aromatic nitrogens is 3. The highest BCUT2D eigenvalue weighted by Crippen LogP contribution is 2.53. The zero-order valence-electron chi connectivity index (χ0n) is 30.1. The summed E-state index contributed by atoms with van der Waals surface area (Å²) in [6, 6.07) is 9.12. The number of pyridine rings is 1. The number of likely N-dealkylation sites (tertiary alicyclic amines) is 1. The lowest BCUT2D eigenvalue weighted by molar-refractivity contribution is -0.0629. The van der Waals surface area contributed by atoms with Crippen molar-refractivity contribution in [3.8, 4) is 29.1 Å². The average molecular weight is 713 g/mol. The standard InChI is InChI=1S/C40H46F2N6O4/c1-4-27-30(41)9-8-24-15-26(49)16-28(32(24)27)34-33(42)35-29(19-44-34)36(47-13-14-51-22-39(3,50)21-47)46-37(45-35)52-23-40-10-5-7-31(40)48(12-6-11-40)25-17-38(2,18-25)20-43/h8-9,15-16,19,25,31,49-50H,4-7,10-14,17-18,21-23H2,1-3H3/t25?,31-,38?,39+,40-/m1/s1. The van der Waals surface area contributed by atoms with Crippen molar-refractivity contribution in [3.05, 3.63) is 47.7 Å². The largest absolute Gasteiger partial charge is 0.508 e. The van der Waals surface area contributed by atoms with Gasteiger partial charge in [-0.25, -0.2) is 8.78 Å². The number of phenols is 1. The number of anilines is 1. The third-order valence-electron chi connectivity index (χ3n) is 12.1. The van der Waals surface area contributed by atoms with Gasteiger partial charge in [0, 0.05) is 35.8 Å². The van der Waals surface area contributed by atoms with Gasteiger partial charge in [0.05, 0.1) is 43.2 Å². The van der Waals surface area contributed by atoms with E-state index in [2.05, 4.69) is 16.0 Å². The predicted octanol–water partition coefficient (Wildman–Crippen LogP) is 6.68. The number of fused-ring (bicyclic) bond motifs is 3. The number of aromatic hydroxyl groups is 1. The topological polar surface area (TPSA) is 128 Å². The second-order valence-electron chi connectivity index (χ2n) is 16.1. The highest BCUT2D eigenvalue weighted by atomic mass is 19.1. The Morgan fingerprint density at radius 1 is 1.12 bits per heavy atom. The molecule has 0 radical (unpaired) electrons. The molecule has 12 heteroatoms. The van der Waals surface area contributed by atoms with E-state index >= 15 is 8.78 Å². The highest BCUT2D eigenvalue weighted by molar-refractivity contribution is 6.01. The van der Waals surface area contributed by atoms with Crippen LogP contribution in [0.5, 0.6) is 11.8 Å². The fraction of sp³-hybridized carbons (Fsp3) is 0.550. The second-order valence-corrected chi connectivity index (χ2v) is 16.1. The Morgan fingerprint density at radius 2 is 1.92 bits per heavy atom. The number of hydrogen-bond acceptors (Lipinski definition) is 10. The van der Waals surface area contributed by atoms with Crippen LogP contribution < -0.4 is 9.64 Å². The number of halogens is 2. The van der Waals surface area contributed by atoms with E-state index in [1.165, 1.54) is 24.4 Å². The van der Waals surface area contributed by atoms with Crippen molar-refractivity contribution >= 4 is 27.5 Å². The fourth-order valence-electron chi connectivity index (χ4n) is 9.62. The maximum absolute atomic E-state index is 17.1. The van der Waals surface area contributed by atoms with Crippen molar-refractivity contribution < 1.29 is 28.5 Å². The Bertz CT molecular complexity index is 2080. The summed E-state index contributed by atoms with van der Waals surface area (Å²) in [5.74, 6) is -0.877. The first-order valence-corrected chi connectivity index (χ1v) is 18.6. The van der Waals surface area contributed by atoms with E-state index in [9.17, 15) is 15.5 Å². The van der Waals surface area contributed by atoms with Gasteiger partial charge in [0.15, 0.2) is 5.82 Å². The molecular formula is C40H46F2N6O4. The van der Waals surface area contributed by atoms with E-state index in [4.69, 9.17) is 19.4 Å². The molecule has 2 aromatic carbocycles. The molecule has 2 aliphatic heterocycles. The molecule has 2 aromatic heterocycles. The van der Waals surface area contributed by atoms with Gasteiger partial charge in [0.1, 0.15) is 34.2 Å². The summed E-state index contributed by atoms with van der Waals surface area (Å²) in [5.41, 5.74) is -0.982. The molecule has 4 heterocycles. The first-order chi connectivity index (χ1) is 24.9. The van der Waals surface area contributed by atoms with Crippen LogP contribution in [-0.2, 0) is 11.2 Å². The summed E-state index contributed by atoms with van der Waals surface area (Å²) in [6.45, 7) is 8.01.